The molecule has 0 radical (unpaired) electrons. The van der Waals surface area contributed by atoms with Gasteiger partial charge in [0.15, 0.2) is 5.65 Å². The second kappa shape index (κ2) is 8.12. The monoisotopic (exact) mass is 460 g/mol. The zero-order valence-corrected chi connectivity index (χ0v) is 17.7. The first kappa shape index (κ1) is 20.8. The van der Waals surface area contributed by atoms with Gasteiger partial charge in [-0.3, -0.25) is 4.40 Å². The van der Waals surface area contributed by atoms with Crippen molar-refractivity contribution in [2.75, 3.05) is 10.6 Å². The Morgan fingerprint density at radius 1 is 1.00 bits per heavy atom. The maximum atomic E-state index is 13.4. The minimum absolute atomic E-state index is 0.00824. The minimum atomic E-state index is -4.53. The highest BCUT2D eigenvalue weighted by Crippen LogP contribution is 2.35. The second-order valence-electron chi connectivity index (χ2n) is 8.02. The zero-order valence-electron chi connectivity index (χ0n) is 16.9. The van der Waals surface area contributed by atoms with E-state index in [2.05, 4.69) is 25.8 Å². The van der Waals surface area contributed by atoms with E-state index in [-0.39, 0.29) is 17.6 Å². The number of hydrogen-bond donors (Lipinski definition) is 2. The van der Waals surface area contributed by atoms with E-state index in [1.807, 2.05) is 28.8 Å². The Labute approximate surface area is 186 Å². The summed E-state index contributed by atoms with van der Waals surface area (Å²) in [6.07, 6.45) is 0.813. The van der Waals surface area contributed by atoms with Crippen LogP contribution >= 0.6 is 11.6 Å². The van der Waals surface area contributed by atoms with Gasteiger partial charge in [-0.15, -0.1) is 10.2 Å². The molecular formula is C22H20ClF3N6. The van der Waals surface area contributed by atoms with Gasteiger partial charge in [-0.25, -0.2) is 4.98 Å². The summed E-state index contributed by atoms with van der Waals surface area (Å²) in [4.78, 5) is 3.78. The van der Waals surface area contributed by atoms with E-state index in [9.17, 15) is 13.2 Å². The average molecular weight is 461 g/mol. The Balaban J connectivity index is 1.39. The summed E-state index contributed by atoms with van der Waals surface area (Å²) >= 11 is 6.11. The molecule has 1 aromatic carbocycles. The number of nitrogens with one attached hydrogen (secondary N) is 2. The molecule has 1 aliphatic rings. The number of anilines is 2. The van der Waals surface area contributed by atoms with E-state index in [1.54, 1.807) is 12.1 Å². The number of nitrogens with zero attached hydrogens (tertiary/aromatic N) is 4. The van der Waals surface area contributed by atoms with Gasteiger partial charge in [-0.1, -0.05) is 17.7 Å². The molecule has 3 aromatic heterocycles. The first-order valence-corrected chi connectivity index (χ1v) is 10.7. The van der Waals surface area contributed by atoms with Crippen LogP contribution in [-0.2, 0) is 6.18 Å². The smallest absolute Gasteiger partial charge is 0.382 e. The molecule has 0 spiro atoms. The molecule has 0 saturated heterocycles. The van der Waals surface area contributed by atoms with Crippen molar-refractivity contribution in [1.82, 2.24) is 19.6 Å². The van der Waals surface area contributed by atoms with Crippen molar-refractivity contribution in [2.45, 2.75) is 43.9 Å². The van der Waals surface area contributed by atoms with Gasteiger partial charge in [0.05, 0.1) is 5.52 Å². The topological polar surface area (TPSA) is 67.1 Å². The summed E-state index contributed by atoms with van der Waals surface area (Å²) in [6.45, 7) is 0. The summed E-state index contributed by atoms with van der Waals surface area (Å²) in [6, 6.07) is 11.6. The van der Waals surface area contributed by atoms with Crippen molar-refractivity contribution >= 4 is 39.8 Å². The number of rotatable bonds is 4. The van der Waals surface area contributed by atoms with Crippen LogP contribution in [0.5, 0.6) is 0 Å². The largest absolute Gasteiger partial charge is 0.433 e. The quantitative estimate of drug-likeness (QED) is 0.404. The molecule has 0 bridgehead atoms. The number of fused-ring (bicyclic) bond motifs is 2. The minimum Gasteiger partial charge on any atom is -0.382 e. The SMILES string of the molecule is FC(F)(F)c1cc(N[C@H]2CCC[C@@H](Nc3nnc4ccccn34)C2)c2cc(Cl)ccc2n1. The molecule has 0 aliphatic heterocycles. The molecule has 0 unspecified atom stereocenters. The fraction of sp³-hybridized carbons (Fsp3) is 0.318. The molecule has 1 fully saturated rings. The van der Waals surface area contributed by atoms with Crippen LogP contribution in [0.15, 0.2) is 48.7 Å². The summed E-state index contributed by atoms with van der Waals surface area (Å²) < 4.78 is 42.1. The maximum absolute atomic E-state index is 13.4. The average Bonchev–Trinajstić information content (AvgIpc) is 3.16. The first-order chi connectivity index (χ1) is 15.4. The van der Waals surface area contributed by atoms with Gasteiger partial charge >= 0.3 is 6.18 Å². The highest BCUT2D eigenvalue weighted by Gasteiger charge is 2.34. The molecule has 6 nitrogen and oxygen atoms in total. The third-order valence-corrected chi connectivity index (χ3v) is 5.98. The van der Waals surface area contributed by atoms with Crippen LogP contribution < -0.4 is 10.6 Å². The summed E-state index contributed by atoms with van der Waals surface area (Å²) in [5.41, 5.74) is 0.478. The van der Waals surface area contributed by atoms with Gasteiger partial charge in [0.1, 0.15) is 5.69 Å². The predicted octanol–water partition coefficient (Wildman–Crippen LogP) is 5.78. The number of alkyl halides is 3. The van der Waals surface area contributed by atoms with Gasteiger partial charge in [0, 0.05) is 34.4 Å². The van der Waals surface area contributed by atoms with Crippen LogP contribution in [0.1, 0.15) is 31.4 Å². The molecule has 0 amide bonds. The van der Waals surface area contributed by atoms with Crippen LogP contribution in [0, 0.1) is 0 Å². The molecule has 1 aliphatic carbocycles. The van der Waals surface area contributed by atoms with Crippen LogP contribution in [0.4, 0.5) is 24.8 Å². The molecule has 166 valence electrons. The standard InChI is InChI=1S/C22H20ClF3N6/c23-13-7-8-17-16(10-13)18(12-19(29-17)22(24,25)26)27-14-4-3-5-15(11-14)28-21-31-30-20-6-1-2-9-32(20)21/h1-2,6-10,12,14-15H,3-5,11H2,(H,27,29)(H,28,31)/t14-,15+/m0/s1. The molecule has 3 heterocycles. The number of benzene rings is 1. The lowest BCUT2D eigenvalue weighted by Crippen LogP contribution is -2.35. The molecule has 4 aromatic rings. The number of halogens is 4. The van der Waals surface area contributed by atoms with Crippen molar-refractivity contribution in [2.24, 2.45) is 0 Å². The van der Waals surface area contributed by atoms with E-state index in [0.717, 1.165) is 37.4 Å². The molecule has 5 rings (SSSR count). The van der Waals surface area contributed by atoms with Gasteiger partial charge < -0.3 is 10.6 Å². The van der Waals surface area contributed by atoms with Crippen LogP contribution in [0.3, 0.4) is 0 Å². The number of pyridine rings is 2. The summed E-state index contributed by atoms with van der Waals surface area (Å²) in [5, 5.41) is 16.2. The van der Waals surface area contributed by atoms with E-state index < -0.39 is 11.9 Å². The van der Waals surface area contributed by atoms with E-state index in [4.69, 9.17) is 11.6 Å². The number of aromatic nitrogens is 4. The zero-order chi connectivity index (χ0) is 22.3. The Bertz CT molecular complexity index is 1270. The summed E-state index contributed by atoms with van der Waals surface area (Å²) in [7, 11) is 0. The second-order valence-corrected chi connectivity index (χ2v) is 8.45. The molecular weight excluding hydrogens is 441 g/mol. The van der Waals surface area contributed by atoms with Gasteiger partial charge in [-0.05, 0) is 62.1 Å². The van der Waals surface area contributed by atoms with E-state index >= 15 is 0 Å². The molecule has 1 saturated carbocycles. The van der Waals surface area contributed by atoms with Gasteiger partial charge in [0.2, 0.25) is 5.95 Å². The lowest BCUT2D eigenvalue weighted by Gasteiger charge is -2.31. The molecule has 2 atom stereocenters. The highest BCUT2D eigenvalue weighted by atomic mass is 35.5. The lowest BCUT2D eigenvalue weighted by molar-refractivity contribution is -0.140. The molecule has 2 N–H and O–H groups in total. The van der Waals surface area contributed by atoms with Gasteiger partial charge in [0.25, 0.3) is 0 Å². The van der Waals surface area contributed by atoms with Crippen molar-refractivity contribution in [1.29, 1.82) is 0 Å². The summed E-state index contributed by atoms with van der Waals surface area (Å²) in [5.74, 6) is 0.659. The third-order valence-electron chi connectivity index (χ3n) is 5.74. The highest BCUT2D eigenvalue weighted by molar-refractivity contribution is 6.31. The van der Waals surface area contributed by atoms with Crippen LogP contribution in [0.2, 0.25) is 5.02 Å². The fourth-order valence-corrected chi connectivity index (χ4v) is 4.43. The first-order valence-electron chi connectivity index (χ1n) is 10.4. The Morgan fingerprint density at radius 2 is 1.81 bits per heavy atom. The fourth-order valence-electron chi connectivity index (χ4n) is 4.26. The van der Waals surface area contributed by atoms with Crippen LogP contribution in [0.25, 0.3) is 16.6 Å². The van der Waals surface area contributed by atoms with Crippen LogP contribution in [-0.4, -0.2) is 31.7 Å². The van der Waals surface area contributed by atoms with E-state index in [1.165, 1.54) is 6.07 Å². The Morgan fingerprint density at radius 3 is 2.62 bits per heavy atom. The lowest BCUT2D eigenvalue weighted by atomic mass is 9.90. The van der Waals surface area contributed by atoms with Crippen molar-refractivity contribution in [3.8, 4) is 0 Å². The Hall–Kier alpha value is -3.07. The van der Waals surface area contributed by atoms with Gasteiger partial charge in [-0.2, -0.15) is 13.2 Å². The Kier molecular flexibility index (Phi) is 5.28. The third kappa shape index (κ3) is 4.17. The van der Waals surface area contributed by atoms with Crippen molar-refractivity contribution in [3.05, 3.63) is 59.4 Å². The molecule has 10 heteroatoms. The van der Waals surface area contributed by atoms with Crippen molar-refractivity contribution in [3.63, 3.8) is 0 Å². The predicted molar refractivity (Wildman–Crippen MR) is 118 cm³/mol. The van der Waals surface area contributed by atoms with Crippen molar-refractivity contribution < 1.29 is 13.2 Å². The normalized spacial score (nSPS) is 19.4. The van der Waals surface area contributed by atoms with E-state index in [0.29, 0.717) is 22.0 Å². The number of hydrogen-bond acceptors (Lipinski definition) is 5. The molecule has 32 heavy (non-hydrogen) atoms. The maximum Gasteiger partial charge on any atom is 0.433 e.